The summed E-state index contributed by atoms with van der Waals surface area (Å²) in [6.45, 7) is 3.85. The van der Waals surface area contributed by atoms with Gasteiger partial charge in [0.2, 0.25) is 0 Å². The number of nitrogens with zero attached hydrogens (tertiary/aromatic N) is 3. The molecule has 0 saturated heterocycles. The molecular formula is C12H21Cl2N3. The van der Waals surface area contributed by atoms with Gasteiger partial charge in [-0.05, 0) is 33.4 Å². The Morgan fingerprint density at radius 3 is 2.53 bits per heavy atom. The molecule has 0 spiro atoms. The largest absolute Gasteiger partial charge is 0.301 e. The third-order valence-electron chi connectivity index (χ3n) is 2.85. The fraction of sp³-hybridized carbons (Fsp3) is 0.750. The zero-order valence-corrected chi connectivity index (χ0v) is 12.4. The Morgan fingerprint density at radius 1 is 1.29 bits per heavy atom. The highest BCUT2D eigenvalue weighted by molar-refractivity contribution is 6.31. The molecule has 98 valence electrons. The first-order chi connectivity index (χ1) is 8.06. The molecule has 1 aromatic heterocycles. The summed E-state index contributed by atoms with van der Waals surface area (Å²) in [7, 11) is 4.05. The zero-order valence-electron chi connectivity index (χ0n) is 10.8. The second-order valence-corrected chi connectivity index (χ2v) is 5.21. The topological polar surface area (TPSA) is 21.1 Å². The van der Waals surface area contributed by atoms with E-state index >= 15 is 0 Å². The van der Waals surface area contributed by atoms with Gasteiger partial charge in [-0.25, -0.2) is 0 Å². The second kappa shape index (κ2) is 7.24. The Balaban J connectivity index is 2.42. The number of hydrogen-bond donors (Lipinski definition) is 0. The van der Waals surface area contributed by atoms with Crippen molar-refractivity contribution in [1.29, 1.82) is 0 Å². The van der Waals surface area contributed by atoms with Crippen LogP contribution in [0.25, 0.3) is 0 Å². The Morgan fingerprint density at radius 2 is 2.00 bits per heavy atom. The van der Waals surface area contributed by atoms with Gasteiger partial charge in [-0.3, -0.25) is 4.68 Å². The van der Waals surface area contributed by atoms with E-state index in [1.807, 2.05) is 18.7 Å². The fourth-order valence-electron chi connectivity index (χ4n) is 1.84. The van der Waals surface area contributed by atoms with E-state index in [0.29, 0.717) is 0 Å². The molecule has 3 nitrogen and oxygen atoms in total. The van der Waals surface area contributed by atoms with Gasteiger partial charge in [0.05, 0.1) is 16.4 Å². The van der Waals surface area contributed by atoms with Crippen LogP contribution in [-0.2, 0) is 13.6 Å². The summed E-state index contributed by atoms with van der Waals surface area (Å²) in [5, 5.41) is 5.11. The van der Waals surface area contributed by atoms with Crippen molar-refractivity contribution in [2.24, 2.45) is 7.05 Å². The zero-order chi connectivity index (χ0) is 12.8. The number of halogens is 2. The lowest BCUT2D eigenvalue weighted by Crippen LogP contribution is -2.21. The predicted molar refractivity (Wildman–Crippen MR) is 73.9 cm³/mol. The lowest BCUT2D eigenvalue weighted by Gasteiger charge is -2.16. The van der Waals surface area contributed by atoms with Gasteiger partial charge in [-0.15, -0.1) is 11.6 Å². The molecule has 0 aliphatic carbocycles. The van der Waals surface area contributed by atoms with Gasteiger partial charge >= 0.3 is 0 Å². The maximum Gasteiger partial charge on any atom is 0.0860 e. The summed E-state index contributed by atoms with van der Waals surface area (Å²) in [5.41, 5.74) is 1.99. The summed E-state index contributed by atoms with van der Waals surface area (Å²) >= 11 is 11.9. The normalized spacial score (nSPS) is 11.4. The van der Waals surface area contributed by atoms with Gasteiger partial charge in [0.25, 0.3) is 0 Å². The number of alkyl halides is 1. The Labute approximate surface area is 114 Å². The highest BCUT2D eigenvalue weighted by Gasteiger charge is 2.12. The van der Waals surface area contributed by atoms with E-state index in [2.05, 4.69) is 17.0 Å². The monoisotopic (exact) mass is 277 g/mol. The van der Waals surface area contributed by atoms with Crippen molar-refractivity contribution in [3.8, 4) is 0 Å². The van der Waals surface area contributed by atoms with Crippen LogP contribution in [0, 0.1) is 6.92 Å². The van der Waals surface area contributed by atoms with Crippen LogP contribution in [0.15, 0.2) is 0 Å². The number of aryl methyl sites for hydroxylation is 2. The van der Waals surface area contributed by atoms with Crippen LogP contribution in [0.3, 0.4) is 0 Å². The third-order valence-corrected chi connectivity index (χ3v) is 3.61. The second-order valence-electron chi connectivity index (χ2n) is 4.46. The quantitative estimate of drug-likeness (QED) is 0.564. The van der Waals surface area contributed by atoms with E-state index in [-0.39, 0.29) is 0 Å². The minimum atomic E-state index is 0.760. The summed E-state index contributed by atoms with van der Waals surface area (Å²) < 4.78 is 1.87. The van der Waals surface area contributed by atoms with Crippen LogP contribution in [0.2, 0.25) is 5.02 Å². The molecule has 1 rings (SSSR count). The molecule has 0 aromatic carbocycles. The third kappa shape index (κ3) is 4.49. The summed E-state index contributed by atoms with van der Waals surface area (Å²) in [6, 6.07) is 0. The van der Waals surface area contributed by atoms with Crippen molar-refractivity contribution in [3.05, 3.63) is 16.4 Å². The highest BCUT2D eigenvalue weighted by atomic mass is 35.5. The van der Waals surface area contributed by atoms with Crippen molar-refractivity contribution in [2.75, 3.05) is 19.5 Å². The van der Waals surface area contributed by atoms with Crippen molar-refractivity contribution < 1.29 is 0 Å². The molecule has 5 heteroatoms. The molecule has 0 aliphatic heterocycles. The summed E-state index contributed by atoms with van der Waals surface area (Å²) in [5.74, 6) is 0.760. The van der Waals surface area contributed by atoms with Gasteiger partial charge in [0, 0.05) is 19.5 Å². The summed E-state index contributed by atoms with van der Waals surface area (Å²) in [4.78, 5) is 2.27. The van der Waals surface area contributed by atoms with Crippen LogP contribution in [0.4, 0.5) is 0 Å². The van der Waals surface area contributed by atoms with Crippen LogP contribution in [-0.4, -0.2) is 34.2 Å². The minimum absolute atomic E-state index is 0.760. The molecule has 0 N–H and O–H groups in total. The first-order valence-electron chi connectivity index (χ1n) is 5.98. The molecular weight excluding hydrogens is 257 g/mol. The molecule has 0 radical (unpaired) electrons. The van der Waals surface area contributed by atoms with Crippen molar-refractivity contribution in [2.45, 2.75) is 32.7 Å². The molecule has 0 unspecified atom stereocenters. The van der Waals surface area contributed by atoms with Crippen LogP contribution in [0.1, 0.15) is 30.7 Å². The molecule has 0 atom stereocenters. The SMILES string of the molecule is Cc1nn(C)c(CN(C)CCCCCCl)c1Cl. The van der Waals surface area contributed by atoms with Crippen LogP contribution >= 0.6 is 23.2 Å². The van der Waals surface area contributed by atoms with Gasteiger partial charge in [-0.1, -0.05) is 18.0 Å². The summed E-state index contributed by atoms with van der Waals surface area (Å²) in [6.07, 6.45) is 3.46. The molecule has 0 saturated carbocycles. The maximum atomic E-state index is 6.21. The number of unbranched alkanes of at least 4 members (excludes halogenated alkanes) is 2. The smallest absolute Gasteiger partial charge is 0.0860 e. The van der Waals surface area contributed by atoms with Crippen LogP contribution in [0.5, 0.6) is 0 Å². The van der Waals surface area contributed by atoms with E-state index in [0.717, 1.165) is 41.8 Å². The van der Waals surface area contributed by atoms with Crippen molar-refractivity contribution >= 4 is 23.2 Å². The number of rotatable bonds is 7. The molecule has 0 bridgehead atoms. The molecule has 0 fully saturated rings. The minimum Gasteiger partial charge on any atom is -0.301 e. The number of aromatic nitrogens is 2. The molecule has 17 heavy (non-hydrogen) atoms. The fourth-order valence-corrected chi connectivity index (χ4v) is 2.25. The first kappa shape index (κ1) is 14.8. The van der Waals surface area contributed by atoms with E-state index < -0.39 is 0 Å². The van der Waals surface area contributed by atoms with Crippen molar-refractivity contribution in [3.63, 3.8) is 0 Å². The van der Waals surface area contributed by atoms with Gasteiger partial charge in [0.15, 0.2) is 0 Å². The van der Waals surface area contributed by atoms with E-state index in [9.17, 15) is 0 Å². The Kier molecular flexibility index (Phi) is 6.31. The van der Waals surface area contributed by atoms with Gasteiger partial charge in [0.1, 0.15) is 0 Å². The van der Waals surface area contributed by atoms with E-state index in [1.165, 1.54) is 12.8 Å². The molecule has 1 aromatic rings. The predicted octanol–water partition coefficient (Wildman–Crippen LogP) is 3.22. The van der Waals surface area contributed by atoms with Gasteiger partial charge < -0.3 is 4.90 Å². The number of hydrogen-bond acceptors (Lipinski definition) is 2. The Bertz CT molecular complexity index is 350. The van der Waals surface area contributed by atoms with Crippen LogP contribution < -0.4 is 0 Å². The maximum absolute atomic E-state index is 6.21. The Hall–Kier alpha value is -0.250. The molecule has 1 heterocycles. The van der Waals surface area contributed by atoms with E-state index in [4.69, 9.17) is 23.2 Å². The van der Waals surface area contributed by atoms with E-state index in [1.54, 1.807) is 0 Å². The average molecular weight is 278 g/mol. The first-order valence-corrected chi connectivity index (χ1v) is 6.90. The highest BCUT2D eigenvalue weighted by Crippen LogP contribution is 2.20. The molecule has 0 aliphatic rings. The lowest BCUT2D eigenvalue weighted by atomic mass is 10.2. The van der Waals surface area contributed by atoms with Gasteiger partial charge in [-0.2, -0.15) is 5.10 Å². The lowest BCUT2D eigenvalue weighted by molar-refractivity contribution is 0.309. The average Bonchev–Trinajstić information content (AvgIpc) is 2.52. The standard InChI is InChI=1S/C12H21Cl2N3/c1-10-12(14)11(17(3)15-10)9-16(2)8-6-4-5-7-13/h4-9H2,1-3H3. The molecule has 0 amide bonds. The van der Waals surface area contributed by atoms with Crippen molar-refractivity contribution in [1.82, 2.24) is 14.7 Å².